The maximum atomic E-state index is 13.1. The Kier molecular flexibility index (Phi) is 3.41. The van der Waals surface area contributed by atoms with Gasteiger partial charge in [0.25, 0.3) is 10.0 Å². The fourth-order valence-electron chi connectivity index (χ4n) is 2.78. The monoisotopic (exact) mass is 366 g/mol. The third kappa shape index (κ3) is 2.58. The molecule has 1 heterocycles. The molecule has 3 aromatic rings. The topological polar surface area (TPSA) is 48.3 Å². The van der Waals surface area contributed by atoms with Crippen LogP contribution >= 0.6 is 11.6 Å². The number of halogens is 1. The number of rotatable bonds is 4. The first kappa shape index (κ1) is 13.3. The molecule has 0 unspecified atom stereocenters. The molecule has 0 bridgehead atoms. The van der Waals surface area contributed by atoms with E-state index in [-0.39, 0.29) is 16.5 Å². The van der Waals surface area contributed by atoms with Crippen molar-refractivity contribution in [1.29, 1.82) is 0 Å². The molecule has 3 rings (SSSR count). The zero-order chi connectivity index (χ0) is 20.0. The first-order chi connectivity index (χ1) is 12.5. The summed E-state index contributed by atoms with van der Waals surface area (Å²) >= 11 is 6.03. The lowest BCUT2D eigenvalue weighted by atomic mass is 10.1. The molecule has 0 amide bonds. The summed E-state index contributed by atoms with van der Waals surface area (Å²) in [5, 5.41) is 0.542. The Bertz CT molecular complexity index is 1100. The molecular weight excluding hydrogens is 346 g/mol. The lowest BCUT2D eigenvalue weighted by molar-refractivity contribution is 0.412. The van der Waals surface area contributed by atoms with Gasteiger partial charge in [0.05, 0.1) is 27.4 Å². The van der Waals surface area contributed by atoms with Gasteiger partial charge in [-0.2, -0.15) is 0 Å². The number of hydrogen-bond acceptors (Lipinski definition) is 3. The molecule has 0 atom stereocenters. The van der Waals surface area contributed by atoms with E-state index >= 15 is 0 Å². The van der Waals surface area contributed by atoms with E-state index in [1.165, 1.54) is 16.2 Å². The summed E-state index contributed by atoms with van der Waals surface area (Å²) in [6.07, 6.45) is 1.45. The standard InChI is InChI=1S/C18H18ClNO3S/c1-12-4-6-14(7-5-12)24(21,22)20-9-8-15-16(11-19)17(23-3)10-13(2)18(15)20/h4-10H,11H2,1-3H3/i3D3. The van der Waals surface area contributed by atoms with Crippen molar-refractivity contribution in [3.63, 3.8) is 0 Å². The molecule has 4 nitrogen and oxygen atoms in total. The minimum atomic E-state index is -3.81. The smallest absolute Gasteiger partial charge is 0.268 e. The molecule has 0 N–H and O–H groups in total. The van der Waals surface area contributed by atoms with Crippen molar-refractivity contribution < 1.29 is 17.3 Å². The van der Waals surface area contributed by atoms with Crippen LogP contribution in [0, 0.1) is 13.8 Å². The van der Waals surface area contributed by atoms with Crippen molar-refractivity contribution in [3.8, 4) is 5.75 Å². The molecular formula is C18H18ClNO3S. The van der Waals surface area contributed by atoms with E-state index in [0.717, 1.165) is 5.56 Å². The van der Waals surface area contributed by atoms with Crippen molar-refractivity contribution in [1.82, 2.24) is 3.97 Å². The van der Waals surface area contributed by atoms with Crippen molar-refractivity contribution in [2.45, 2.75) is 24.6 Å². The normalized spacial score (nSPS) is 14.2. The molecule has 2 aromatic carbocycles. The lowest BCUT2D eigenvalue weighted by Gasteiger charge is -2.13. The van der Waals surface area contributed by atoms with Gasteiger partial charge in [-0.15, -0.1) is 11.6 Å². The second-order valence-electron chi connectivity index (χ2n) is 5.60. The van der Waals surface area contributed by atoms with E-state index in [1.807, 2.05) is 6.92 Å². The number of aromatic nitrogens is 1. The zero-order valence-electron chi connectivity index (χ0n) is 16.2. The van der Waals surface area contributed by atoms with E-state index in [2.05, 4.69) is 0 Å². The predicted molar refractivity (Wildman–Crippen MR) is 96.5 cm³/mol. The van der Waals surface area contributed by atoms with Crippen LogP contribution in [0.15, 0.2) is 47.5 Å². The summed E-state index contributed by atoms with van der Waals surface area (Å²) in [5.41, 5.74) is 2.41. The minimum absolute atomic E-state index is 0.0171. The van der Waals surface area contributed by atoms with Gasteiger partial charge in [0.2, 0.25) is 0 Å². The summed E-state index contributed by atoms with van der Waals surface area (Å²) < 4.78 is 54.4. The highest BCUT2D eigenvalue weighted by Gasteiger charge is 2.22. The van der Waals surface area contributed by atoms with Gasteiger partial charge >= 0.3 is 0 Å². The van der Waals surface area contributed by atoms with Crippen LogP contribution in [-0.4, -0.2) is 19.4 Å². The Balaban J connectivity index is 2.24. The second-order valence-corrected chi connectivity index (χ2v) is 7.68. The van der Waals surface area contributed by atoms with Gasteiger partial charge in [-0.3, -0.25) is 0 Å². The fraction of sp³-hybridized carbons (Fsp3) is 0.222. The van der Waals surface area contributed by atoms with Gasteiger partial charge < -0.3 is 4.74 Å². The molecule has 1 aromatic heterocycles. The average molecular weight is 367 g/mol. The average Bonchev–Trinajstić information content (AvgIpc) is 3.00. The number of ether oxygens (including phenoxy) is 1. The maximum absolute atomic E-state index is 13.1. The highest BCUT2D eigenvalue weighted by atomic mass is 35.5. The van der Waals surface area contributed by atoms with Crippen LogP contribution in [0.3, 0.4) is 0 Å². The summed E-state index contributed by atoms with van der Waals surface area (Å²) in [6, 6.07) is 9.70. The van der Waals surface area contributed by atoms with Crippen LogP contribution < -0.4 is 4.74 Å². The lowest BCUT2D eigenvalue weighted by Crippen LogP contribution is -2.12. The zero-order valence-corrected chi connectivity index (χ0v) is 14.8. The Morgan fingerprint density at radius 3 is 2.54 bits per heavy atom. The molecule has 0 aliphatic rings. The Labute approximate surface area is 150 Å². The van der Waals surface area contributed by atoms with Crippen LogP contribution in [0.2, 0.25) is 0 Å². The Morgan fingerprint density at radius 2 is 1.92 bits per heavy atom. The predicted octanol–water partition coefficient (Wildman–Crippen LogP) is 4.24. The van der Waals surface area contributed by atoms with E-state index in [4.69, 9.17) is 20.5 Å². The van der Waals surface area contributed by atoms with E-state index in [0.29, 0.717) is 22.0 Å². The van der Waals surface area contributed by atoms with Crippen LogP contribution in [0.25, 0.3) is 10.9 Å². The first-order valence-corrected chi connectivity index (χ1v) is 9.23. The summed E-state index contributed by atoms with van der Waals surface area (Å²) in [7, 11) is -6.44. The van der Waals surface area contributed by atoms with Gasteiger partial charge in [-0.1, -0.05) is 17.7 Å². The van der Waals surface area contributed by atoms with Crippen LogP contribution in [0.1, 0.15) is 20.8 Å². The second kappa shape index (κ2) is 6.15. The Hall–Kier alpha value is -1.98. The number of hydrogen-bond donors (Lipinski definition) is 0. The molecule has 0 spiro atoms. The van der Waals surface area contributed by atoms with Crippen LogP contribution in [-0.2, 0) is 15.9 Å². The first-order valence-electron chi connectivity index (χ1n) is 8.75. The molecule has 0 radical (unpaired) electrons. The fourth-order valence-corrected chi connectivity index (χ4v) is 4.47. The van der Waals surface area contributed by atoms with Gasteiger partial charge in [0.1, 0.15) is 5.75 Å². The SMILES string of the molecule is [2H]C([2H])([2H])Oc1cc(C)c2c(ccn2S(=O)(=O)c2ccc(C)cc2)c1CCl. The van der Waals surface area contributed by atoms with Crippen molar-refractivity contribution in [3.05, 3.63) is 59.3 Å². The van der Waals surface area contributed by atoms with Gasteiger partial charge in [-0.05, 0) is 43.7 Å². The third-order valence-electron chi connectivity index (χ3n) is 4.02. The summed E-state index contributed by atoms with van der Waals surface area (Å²) in [4.78, 5) is 0.167. The summed E-state index contributed by atoms with van der Waals surface area (Å²) in [6.45, 7) is 3.58. The van der Waals surface area contributed by atoms with Crippen molar-refractivity contribution >= 4 is 32.5 Å². The van der Waals surface area contributed by atoms with Gasteiger partial charge in [0.15, 0.2) is 0 Å². The quantitative estimate of drug-likeness (QED) is 0.649. The molecule has 0 saturated carbocycles. The van der Waals surface area contributed by atoms with Crippen LogP contribution in [0.5, 0.6) is 5.75 Å². The highest BCUT2D eigenvalue weighted by Crippen LogP contribution is 2.34. The molecule has 0 saturated heterocycles. The minimum Gasteiger partial charge on any atom is -0.496 e. The number of fused-ring (bicyclic) bond motifs is 1. The van der Waals surface area contributed by atoms with Gasteiger partial charge in [-0.25, -0.2) is 12.4 Å². The number of methoxy groups -OCH3 is 1. The molecule has 126 valence electrons. The molecule has 0 fully saturated rings. The van der Waals surface area contributed by atoms with Crippen LogP contribution in [0.4, 0.5) is 0 Å². The number of nitrogens with zero attached hydrogens (tertiary/aromatic N) is 1. The van der Waals surface area contributed by atoms with Crippen molar-refractivity contribution in [2.75, 3.05) is 7.04 Å². The summed E-state index contributed by atoms with van der Waals surface area (Å²) in [5.74, 6) is 0.108. The molecule has 0 aliphatic carbocycles. The third-order valence-corrected chi connectivity index (χ3v) is 5.97. The van der Waals surface area contributed by atoms with Crippen molar-refractivity contribution in [2.24, 2.45) is 0 Å². The molecule has 6 heteroatoms. The van der Waals surface area contributed by atoms with Gasteiger partial charge in [0, 0.05) is 17.1 Å². The van der Waals surface area contributed by atoms with E-state index < -0.39 is 17.1 Å². The largest absolute Gasteiger partial charge is 0.496 e. The number of alkyl halides is 1. The molecule has 24 heavy (non-hydrogen) atoms. The Morgan fingerprint density at radius 1 is 1.21 bits per heavy atom. The highest BCUT2D eigenvalue weighted by molar-refractivity contribution is 7.90. The van der Waals surface area contributed by atoms with E-state index in [9.17, 15) is 8.42 Å². The molecule has 0 aliphatic heterocycles. The van der Waals surface area contributed by atoms with E-state index in [1.54, 1.807) is 37.3 Å². The number of aryl methyl sites for hydroxylation is 2. The maximum Gasteiger partial charge on any atom is 0.268 e. The number of benzene rings is 2.